The standard InChI is InChI=1S/C19H26N2O4S/c22-3-4-25-18-21-15(11-1-2-11)16(26-18)17(23)20-14-12-5-10-6-13(14)9-19(24,7-10)8-12/h10-14,22,24H,1-9H2,(H,20,23)/t10?,12-,13+,14?,19?. The molecule has 0 spiro atoms. The van der Waals surface area contributed by atoms with Gasteiger partial charge >= 0.3 is 0 Å². The predicted molar refractivity (Wildman–Crippen MR) is 96.4 cm³/mol. The highest BCUT2D eigenvalue weighted by Crippen LogP contribution is 2.55. The Bertz CT molecular complexity index is 700. The van der Waals surface area contributed by atoms with Gasteiger partial charge in [-0.15, -0.1) is 0 Å². The highest BCUT2D eigenvalue weighted by molar-refractivity contribution is 7.15. The lowest BCUT2D eigenvalue weighted by Crippen LogP contribution is -2.61. The second-order valence-electron chi connectivity index (χ2n) is 8.73. The minimum atomic E-state index is -0.479. The predicted octanol–water partition coefficient (Wildman–Crippen LogP) is 2.06. The lowest BCUT2D eigenvalue weighted by atomic mass is 9.52. The fraction of sp³-hybridized carbons (Fsp3) is 0.789. The van der Waals surface area contributed by atoms with Crippen molar-refractivity contribution in [1.82, 2.24) is 10.3 Å². The van der Waals surface area contributed by atoms with Crippen LogP contribution in [0.2, 0.25) is 0 Å². The number of amides is 1. The highest BCUT2D eigenvalue weighted by Gasteiger charge is 2.55. The van der Waals surface area contributed by atoms with Gasteiger partial charge in [0.05, 0.1) is 17.9 Å². The van der Waals surface area contributed by atoms with Crippen LogP contribution in [0.1, 0.15) is 66.2 Å². The molecule has 5 atom stereocenters. The molecule has 6 rings (SSSR count). The number of aromatic nitrogens is 1. The van der Waals surface area contributed by atoms with Crippen LogP contribution in [0.5, 0.6) is 5.19 Å². The lowest BCUT2D eigenvalue weighted by molar-refractivity contribution is -0.136. The van der Waals surface area contributed by atoms with Crippen LogP contribution in [-0.2, 0) is 0 Å². The summed E-state index contributed by atoms with van der Waals surface area (Å²) >= 11 is 1.30. The first-order valence-corrected chi connectivity index (χ1v) is 10.6. The Hall–Kier alpha value is -1.18. The van der Waals surface area contributed by atoms with Gasteiger partial charge in [0.2, 0.25) is 0 Å². The largest absolute Gasteiger partial charge is 0.468 e. The quantitative estimate of drug-likeness (QED) is 0.705. The van der Waals surface area contributed by atoms with Gasteiger partial charge in [-0.1, -0.05) is 11.3 Å². The van der Waals surface area contributed by atoms with E-state index < -0.39 is 5.60 Å². The van der Waals surface area contributed by atoms with E-state index in [0.717, 1.165) is 50.6 Å². The van der Waals surface area contributed by atoms with Crippen molar-refractivity contribution < 1.29 is 19.7 Å². The van der Waals surface area contributed by atoms with E-state index in [-0.39, 0.29) is 25.2 Å². The average Bonchev–Trinajstić information content (AvgIpc) is 3.34. The summed E-state index contributed by atoms with van der Waals surface area (Å²) < 4.78 is 5.45. The second kappa shape index (κ2) is 6.17. The first-order chi connectivity index (χ1) is 12.5. The molecule has 7 heteroatoms. The number of nitrogens with one attached hydrogen (secondary N) is 1. The molecule has 4 bridgehead atoms. The molecule has 142 valence electrons. The molecule has 1 aromatic heterocycles. The zero-order valence-electron chi connectivity index (χ0n) is 14.8. The Morgan fingerprint density at radius 1 is 1.27 bits per heavy atom. The lowest BCUT2D eigenvalue weighted by Gasteiger charge is -2.58. The number of ether oxygens (including phenoxy) is 1. The highest BCUT2D eigenvalue weighted by atomic mass is 32.1. The number of thiazole rings is 1. The monoisotopic (exact) mass is 378 g/mol. The van der Waals surface area contributed by atoms with Gasteiger partial charge < -0.3 is 20.3 Å². The topological polar surface area (TPSA) is 91.7 Å². The first kappa shape index (κ1) is 17.0. The van der Waals surface area contributed by atoms with Crippen molar-refractivity contribution in [3.8, 4) is 5.19 Å². The molecule has 3 unspecified atom stereocenters. The average molecular weight is 378 g/mol. The molecule has 5 saturated carbocycles. The van der Waals surface area contributed by atoms with E-state index >= 15 is 0 Å². The molecule has 0 radical (unpaired) electrons. The molecule has 0 aliphatic heterocycles. The molecule has 26 heavy (non-hydrogen) atoms. The van der Waals surface area contributed by atoms with Gasteiger partial charge in [0.25, 0.3) is 11.1 Å². The second-order valence-corrected chi connectivity index (χ2v) is 9.70. The first-order valence-electron chi connectivity index (χ1n) is 9.82. The van der Waals surface area contributed by atoms with Crippen LogP contribution < -0.4 is 10.1 Å². The molecule has 1 heterocycles. The molecule has 3 N–H and O–H groups in total. The molecular formula is C19H26N2O4S. The molecule has 0 saturated heterocycles. The van der Waals surface area contributed by atoms with Crippen LogP contribution in [-0.4, -0.2) is 46.0 Å². The fourth-order valence-electron chi connectivity index (χ4n) is 5.74. The van der Waals surface area contributed by atoms with Crippen LogP contribution in [0, 0.1) is 17.8 Å². The third-order valence-corrected chi connectivity index (χ3v) is 7.64. The van der Waals surface area contributed by atoms with Gasteiger partial charge in [-0.05, 0) is 62.7 Å². The number of carbonyl (C=O) groups is 1. The van der Waals surface area contributed by atoms with E-state index in [4.69, 9.17) is 9.84 Å². The van der Waals surface area contributed by atoms with Crippen molar-refractivity contribution in [2.75, 3.05) is 13.2 Å². The van der Waals surface area contributed by atoms with Crippen LogP contribution >= 0.6 is 11.3 Å². The van der Waals surface area contributed by atoms with Gasteiger partial charge in [-0.25, -0.2) is 4.98 Å². The Labute approximate surface area is 157 Å². The van der Waals surface area contributed by atoms with Crippen LogP contribution in [0.25, 0.3) is 0 Å². The zero-order chi connectivity index (χ0) is 17.9. The number of rotatable bonds is 6. The Kier molecular flexibility index (Phi) is 4.03. The van der Waals surface area contributed by atoms with Crippen molar-refractivity contribution in [2.45, 2.75) is 62.5 Å². The molecule has 1 aromatic rings. The van der Waals surface area contributed by atoms with E-state index in [1.807, 2.05) is 0 Å². The summed E-state index contributed by atoms with van der Waals surface area (Å²) in [7, 11) is 0. The molecule has 0 aromatic carbocycles. The number of aliphatic hydroxyl groups is 2. The third kappa shape index (κ3) is 2.94. The van der Waals surface area contributed by atoms with Crippen molar-refractivity contribution in [3.05, 3.63) is 10.6 Å². The van der Waals surface area contributed by atoms with Crippen molar-refractivity contribution in [3.63, 3.8) is 0 Å². The molecule has 6 nitrogen and oxygen atoms in total. The normalized spacial score (nSPS) is 37.8. The maximum Gasteiger partial charge on any atom is 0.274 e. The third-order valence-electron chi connectivity index (χ3n) is 6.66. The summed E-state index contributed by atoms with van der Waals surface area (Å²) in [5.74, 6) is 1.77. The minimum absolute atomic E-state index is 0.0345. The molecule has 5 aliphatic carbocycles. The summed E-state index contributed by atoms with van der Waals surface area (Å²) in [6.07, 6.45) is 7.02. The smallest absolute Gasteiger partial charge is 0.274 e. The van der Waals surface area contributed by atoms with Crippen LogP contribution in [0.3, 0.4) is 0 Å². The van der Waals surface area contributed by atoms with E-state index in [1.165, 1.54) is 11.3 Å². The van der Waals surface area contributed by atoms with Crippen LogP contribution in [0.15, 0.2) is 0 Å². The van der Waals surface area contributed by atoms with E-state index in [1.54, 1.807) is 0 Å². The summed E-state index contributed by atoms with van der Waals surface area (Å²) in [5.41, 5.74) is 0.384. The van der Waals surface area contributed by atoms with Crippen molar-refractivity contribution in [1.29, 1.82) is 0 Å². The number of carbonyl (C=O) groups excluding carboxylic acids is 1. The molecule has 5 aliphatic rings. The van der Waals surface area contributed by atoms with Crippen molar-refractivity contribution >= 4 is 17.2 Å². The van der Waals surface area contributed by atoms with Crippen LogP contribution in [0.4, 0.5) is 0 Å². The van der Waals surface area contributed by atoms with Gasteiger partial charge in [-0.3, -0.25) is 4.79 Å². The van der Waals surface area contributed by atoms with Gasteiger partial charge in [-0.2, -0.15) is 0 Å². The Morgan fingerprint density at radius 3 is 2.62 bits per heavy atom. The fourth-order valence-corrected chi connectivity index (χ4v) is 6.67. The van der Waals surface area contributed by atoms with Gasteiger partial charge in [0, 0.05) is 12.0 Å². The van der Waals surface area contributed by atoms with Crippen molar-refractivity contribution in [2.24, 2.45) is 17.8 Å². The summed E-state index contributed by atoms with van der Waals surface area (Å²) in [6, 6.07) is 0.176. The SMILES string of the molecule is O=C(NC1[C@@H]2CC3C[C@H]1CC(O)(C3)C2)c1sc(OCCO)nc1C1CC1. The number of aliphatic hydroxyl groups excluding tert-OH is 1. The zero-order valence-corrected chi connectivity index (χ0v) is 15.6. The Balaban J connectivity index is 1.34. The summed E-state index contributed by atoms with van der Waals surface area (Å²) in [5, 5.41) is 23.4. The molecule has 1 amide bonds. The molecular weight excluding hydrogens is 352 g/mol. The van der Waals surface area contributed by atoms with E-state index in [0.29, 0.717) is 33.7 Å². The molecule has 5 fully saturated rings. The van der Waals surface area contributed by atoms with Gasteiger partial charge in [0.15, 0.2) is 0 Å². The van der Waals surface area contributed by atoms with E-state index in [2.05, 4.69) is 10.3 Å². The number of nitrogens with zero attached hydrogens (tertiary/aromatic N) is 1. The summed E-state index contributed by atoms with van der Waals surface area (Å²) in [6.45, 7) is 0.140. The summed E-state index contributed by atoms with van der Waals surface area (Å²) in [4.78, 5) is 18.2. The Morgan fingerprint density at radius 2 is 2.00 bits per heavy atom. The minimum Gasteiger partial charge on any atom is -0.468 e. The maximum absolute atomic E-state index is 13.0. The number of hydrogen-bond acceptors (Lipinski definition) is 6. The van der Waals surface area contributed by atoms with Gasteiger partial charge in [0.1, 0.15) is 11.5 Å². The maximum atomic E-state index is 13.0. The number of hydrogen-bond donors (Lipinski definition) is 3. The van der Waals surface area contributed by atoms with E-state index in [9.17, 15) is 9.90 Å².